The first-order valence-corrected chi connectivity index (χ1v) is 5.64. The molecule has 0 radical (unpaired) electrons. The SMILES string of the molecule is O=C(Nc1nc2ccccc2[nH]1)c1ncccc1O. The minimum Gasteiger partial charge on any atom is -0.505 e. The van der Waals surface area contributed by atoms with Crippen molar-refractivity contribution in [1.29, 1.82) is 0 Å². The van der Waals surface area contributed by atoms with E-state index in [2.05, 4.69) is 20.3 Å². The number of nitrogens with one attached hydrogen (secondary N) is 2. The van der Waals surface area contributed by atoms with E-state index in [9.17, 15) is 9.90 Å². The number of nitrogens with zero attached hydrogens (tertiary/aromatic N) is 2. The molecule has 1 aromatic carbocycles. The molecule has 0 fully saturated rings. The molecule has 0 bridgehead atoms. The Balaban J connectivity index is 1.89. The quantitative estimate of drug-likeness (QED) is 0.651. The van der Waals surface area contributed by atoms with Crippen LogP contribution in [-0.4, -0.2) is 26.0 Å². The van der Waals surface area contributed by atoms with E-state index in [1.54, 1.807) is 6.07 Å². The fourth-order valence-electron chi connectivity index (χ4n) is 1.75. The van der Waals surface area contributed by atoms with Crippen molar-refractivity contribution in [2.75, 3.05) is 5.32 Å². The molecule has 0 aliphatic carbocycles. The van der Waals surface area contributed by atoms with Gasteiger partial charge in [0.05, 0.1) is 11.0 Å². The van der Waals surface area contributed by atoms with Gasteiger partial charge in [-0.2, -0.15) is 0 Å². The van der Waals surface area contributed by atoms with E-state index in [0.29, 0.717) is 5.95 Å². The van der Waals surface area contributed by atoms with E-state index in [0.717, 1.165) is 11.0 Å². The number of rotatable bonds is 2. The number of hydrogen-bond acceptors (Lipinski definition) is 4. The number of anilines is 1. The van der Waals surface area contributed by atoms with Crippen molar-refractivity contribution in [1.82, 2.24) is 15.0 Å². The first kappa shape index (κ1) is 11.2. The van der Waals surface area contributed by atoms with Crippen molar-refractivity contribution >= 4 is 22.9 Å². The van der Waals surface area contributed by atoms with E-state index < -0.39 is 5.91 Å². The highest BCUT2D eigenvalue weighted by atomic mass is 16.3. The fourth-order valence-corrected chi connectivity index (χ4v) is 1.75. The zero-order chi connectivity index (χ0) is 13.2. The number of carbonyl (C=O) groups is 1. The molecule has 0 saturated heterocycles. The number of benzene rings is 1. The van der Waals surface area contributed by atoms with Crippen molar-refractivity contribution in [2.45, 2.75) is 0 Å². The zero-order valence-corrected chi connectivity index (χ0v) is 9.79. The second-order valence-corrected chi connectivity index (χ2v) is 3.93. The summed E-state index contributed by atoms with van der Waals surface area (Å²) in [5.74, 6) is -0.371. The highest BCUT2D eigenvalue weighted by Gasteiger charge is 2.13. The third kappa shape index (κ3) is 2.11. The zero-order valence-electron chi connectivity index (χ0n) is 9.79. The number of amides is 1. The molecule has 3 aromatic rings. The minimum absolute atomic E-state index is 0.0389. The van der Waals surface area contributed by atoms with Crippen molar-refractivity contribution in [3.63, 3.8) is 0 Å². The van der Waals surface area contributed by atoms with Crippen LogP contribution in [0.1, 0.15) is 10.5 Å². The predicted octanol–water partition coefficient (Wildman–Crippen LogP) is 1.92. The van der Waals surface area contributed by atoms with Gasteiger partial charge in [-0.05, 0) is 24.3 Å². The van der Waals surface area contributed by atoms with Gasteiger partial charge in [0, 0.05) is 6.20 Å². The Hall–Kier alpha value is -2.89. The van der Waals surface area contributed by atoms with Crippen LogP contribution in [0.25, 0.3) is 11.0 Å². The molecule has 6 nitrogen and oxygen atoms in total. The Morgan fingerprint density at radius 2 is 2.05 bits per heavy atom. The maximum atomic E-state index is 11.9. The molecule has 1 amide bonds. The molecule has 3 rings (SSSR count). The lowest BCUT2D eigenvalue weighted by Crippen LogP contribution is -2.14. The molecule has 19 heavy (non-hydrogen) atoms. The molecule has 2 heterocycles. The molecule has 0 unspecified atom stereocenters. The Morgan fingerprint density at radius 3 is 2.84 bits per heavy atom. The normalized spacial score (nSPS) is 10.5. The highest BCUT2D eigenvalue weighted by molar-refractivity contribution is 6.04. The van der Waals surface area contributed by atoms with Gasteiger partial charge in [-0.1, -0.05) is 12.1 Å². The molecule has 0 saturated carbocycles. The molecular weight excluding hydrogens is 244 g/mol. The molecule has 0 spiro atoms. The van der Waals surface area contributed by atoms with Crippen molar-refractivity contribution in [2.24, 2.45) is 0 Å². The van der Waals surface area contributed by atoms with Gasteiger partial charge in [-0.3, -0.25) is 10.1 Å². The van der Waals surface area contributed by atoms with Crippen LogP contribution < -0.4 is 5.32 Å². The Morgan fingerprint density at radius 1 is 1.21 bits per heavy atom. The van der Waals surface area contributed by atoms with Crippen LogP contribution in [-0.2, 0) is 0 Å². The first-order chi connectivity index (χ1) is 9.24. The fraction of sp³-hybridized carbons (Fsp3) is 0. The van der Waals surface area contributed by atoms with Crippen molar-refractivity contribution in [3.05, 3.63) is 48.3 Å². The first-order valence-electron chi connectivity index (χ1n) is 5.64. The number of carbonyl (C=O) groups excluding carboxylic acids is 1. The number of aromatic hydroxyl groups is 1. The molecule has 0 aliphatic heterocycles. The monoisotopic (exact) mass is 254 g/mol. The second-order valence-electron chi connectivity index (χ2n) is 3.93. The van der Waals surface area contributed by atoms with E-state index in [4.69, 9.17) is 0 Å². The topological polar surface area (TPSA) is 90.9 Å². The Kier molecular flexibility index (Phi) is 2.60. The van der Waals surface area contributed by atoms with E-state index in [1.165, 1.54) is 12.3 Å². The van der Waals surface area contributed by atoms with Crippen LogP contribution in [0.2, 0.25) is 0 Å². The molecule has 94 valence electrons. The Labute approximate surface area is 108 Å². The van der Waals surface area contributed by atoms with Gasteiger partial charge in [-0.15, -0.1) is 0 Å². The smallest absolute Gasteiger partial charge is 0.280 e. The maximum Gasteiger partial charge on any atom is 0.280 e. The van der Waals surface area contributed by atoms with Crippen LogP contribution in [0.15, 0.2) is 42.6 Å². The summed E-state index contributed by atoms with van der Waals surface area (Å²) in [6, 6.07) is 10.4. The molecule has 3 N–H and O–H groups in total. The van der Waals surface area contributed by atoms with Crippen molar-refractivity contribution in [3.8, 4) is 5.75 Å². The number of para-hydroxylation sites is 2. The second kappa shape index (κ2) is 4.41. The minimum atomic E-state index is -0.517. The summed E-state index contributed by atoms with van der Waals surface area (Å²) in [6.07, 6.45) is 1.44. The van der Waals surface area contributed by atoms with Crippen molar-refractivity contribution < 1.29 is 9.90 Å². The number of imidazole rings is 1. The van der Waals surface area contributed by atoms with Gasteiger partial charge >= 0.3 is 0 Å². The number of aromatic amines is 1. The van der Waals surface area contributed by atoms with Gasteiger partial charge in [0.2, 0.25) is 5.95 Å². The number of fused-ring (bicyclic) bond motifs is 1. The third-order valence-electron chi connectivity index (χ3n) is 2.62. The summed E-state index contributed by atoms with van der Waals surface area (Å²) in [6.45, 7) is 0. The lowest BCUT2D eigenvalue weighted by atomic mass is 10.3. The largest absolute Gasteiger partial charge is 0.505 e. The lowest BCUT2D eigenvalue weighted by Gasteiger charge is -2.02. The molecular formula is C13H10N4O2. The molecule has 0 atom stereocenters. The van der Waals surface area contributed by atoms with Gasteiger partial charge in [0.15, 0.2) is 5.69 Å². The van der Waals surface area contributed by atoms with Crippen LogP contribution in [0.4, 0.5) is 5.95 Å². The highest BCUT2D eigenvalue weighted by Crippen LogP contribution is 2.16. The maximum absolute atomic E-state index is 11.9. The summed E-state index contributed by atoms with van der Waals surface area (Å²) in [5, 5.41) is 12.1. The molecule has 0 aliphatic rings. The van der Waals surface area contributed by atoms with Gasteiger partial charge in [0.1, 0.15) is 5.75 Å². The van der Waals surface area contributed by atoms with Crippen LogP contribution in [0.5, 0.6) is 5.75 Å². The lowest BCUT2D eigenvalue weighted by molar-refractivity contribution is 0.101. The number of H-pyrrole nitrogens is 1. The Bertz CT molecular complexity index is 718. The van der Waals surface area contributed by atoms with Crippen LogP contribution in [0, 0.1) is 0 Å². The average Bonchev–Trinajstić information content (AvgIpc) is 2.81. The summed E-state index contributed by atoms with van der Waals surface area (Å²) >= 11 is 0. The molecule has 2 aromatic heterocycles. The van der Waals surface area contributed by atoms with Gasteiger partial charge in [-0.25, -0.2) is 9.97 Å². The third-order valence-corrected chi connectivity index (χ3v) is 2.62. The predicted molar refractivity (Wildman–Crippen MR) is 69.9 cm³/mol. The number of pyridine rings is 1. The van der Waals surface area contributed by atoms with E-state index in [1.807, 2.05) is 24.3 Å². The standard InChI is InChI=1S/C13H10N4O2/c18-10-6-3-7-14-11(10)12(19)17-13-15-8-4-1-2-5-9(8)16-13/h1-7,18H,(H2,15,16,17,19). The molecule has 6 heteroatoms. The van der Waals surface area contributed by atoms with Crippen LogP contribution >= 0.6 is 0 Å². The number of aromatic nitrogens is 3. The van der Waals surface area contributed by atoms with Gasteiger partial charge < -0.3 is 10.1 Å². The number of hydrogen-bond donors (Lipinski definition) is 3. The summed E-state index contributed by atoms with van der Waals surface area (Å²) in [5.41, 5.74) is 1.54. The summed E-state index contributed by atoms with van der Waals surface area (Å²) < 4.78 is 0. The van der Waals surface area contributed by atoms with E-state index >= 15 is 0 Å². The summed E-state index contributed by atoms with van der Waals surface area (Å²) in [7, 11) is 0. The van der Waals surface area contributed by atoms with Gasteiger partial charge in [0.25, 0.3) is 5.91 Å². The van der Waals surface area contributed by atoms with Crippen LogP contribution in [0.3, 0.4) is 0 Å². The van der Waals surface area contributed by atoms with E-state index in [-0.39, 0.29) is 11.4 Å². The average molecular weight is 254 g/mol. The summed E-state index contributed by atoms with van der Waals surface area (Å²) in [4.78, 5) is 22.9.